The molecule has 1 aliphatic rings. The predicted molar refractivity (Wildman–Crippen MR) is 110 cm³/mol. The van der Waals surface area contributed by atoms with Crippen LogP contribution in [0.5, 0.6) is 11.5 Å². The molecule has 1 heterocycles. The molecule has 1 aromatic carbocycles. The highest BCUT2D eigenvalue weighted by atomic mass is 35.5. The minimum atomic E-state index is -0.507. The van der Waals surface area contributed by atoms with Crippen molar-refractivity contribution in [2.24, 2.45) is 0 Å². The van der Waals surface area contributed by atoms with Crippen LogP contribution in [0, 0.1) is 0 Å². The number of allylic oxidation sites excluding steroid dienone is 1. The van der Waals surface area contributed by atoms with Crippen LogP contribution in [0.15, 0.2) is 23.4 Å². The smallest absolute Gasteiger partial charge is 0.344 e. The first kappa shape index (κ1) is 22.0. The van der Waals surface area contributed by atoms with Crippen LogP contribution in [0.3, 0.4) is 0 Å². The van der Waals surface area contributed by atoms with Crippen LogP contribution in [0.2, 0.25) is 5.02 Å². The molecule has 0 aliphatic carbocycles. The summed E-state index contributed by atoms with van der Waals surface area (Å²) in [7, 11) is 0. The van der Waals surface area contributed by atoms with E-state index >= 15 is 0 Å². The second-order valence-corrected chi connectivity index (χ2v) is 6.80. The number of Topliss-reactive ketones (excluding diaryl/α,β-unsaturated/α-hetero) is 1. The first-order chi connectivity index (χ1) is 13.3. The summed E-state index contributed by atoms with van der Waals surface area (Å²) in [5, 5.41) is 6.70. The van der Waals surface area contributed by atoms with E-state index < -0.39 is 12.0 Å². The van der Waals surface area contributed by atoms with E-state index in [4.69, 9.17) is 38.0 Å². The van der Waals surface area contributed by atoms with E-state index in [-0.39, 0.29) is 29.8 Å². The molecule has 0 aromatic heterocycles. The number of halogens is 1. The number of rotatable bonds is 8. The third-order valence-electron chi connectivity index (χ3n) is 3.95. The third-order valence-corrected chi connectivity index (χ3v) is 4.45. The van der Waals surface area contributed by atoms with Crippen molar-refractivity contribution in [2.45, 2.75) is 33.7 Å². The van der Waals surface area contributed by atoms with Gasteiger partial charge in [-0.1, -0.05) is 11.6 Å². The van der Waals surface area contributed by atoms with Gasteiger partial charge < -0.3 is 24.8 Å². The van der Waals surface area contributed by atoms with Crippen molar-refractivity contribution in [3.63, 3.8) is 0 Å². The van der Waals surface area contributed by atoms with E-state index in [2.05, 4.69) is 10.6 Å². The Bertz CT molecular complexity index is 825. The molecule has 0 spiro atoms. The summed E-state index contributed by atoms with van der Waals surface area (Å²) >= 11 is 11.6. The molecule has 1 atom stereocenters. The topological polar surface area (TPSA) is 85.9 Å². The fourth-order valence-electron chi connectivity index (χ4n) is 2.90. The number of hydrogen-bond donors (Lipinski definition) is 2. The molecule has 1 aliphatic heterocycles. The molecule has 152 valence electrons. The predicted octanol–water partition coefficient (Wildman–Crippen LogP) is 3.06. The van der Waals surface area contributed by atoms with Crippen LogP contribution in [0.25, 0.3) is 0 Å². The Hall–Kier alpha value is -2.32. The Morgan fingerprint density at radius 3 is 2.54 bits per heavy atom. The lowest BCUT2D eigenvalue weighted by Crippen LogP contribution is -2.44. The van der Waals surface area contributed by atoms with Gasteiger partial charge in [0.1, 0.15) is 0 Å². The zero-order valence-corrected chi connectivity index (χ0v) is 17.8. The average Bonchev–Trinajstić information content (AvgIpc) is 2.60. The minimum Gasteiger partial charge on any atom is -0.490 e. The molecule has 2 rings (SSSR count). The largest absolute Gasteiger partial charge is 0.490 e. The Morgan fingerprint density at radius 2 is 1.93 bits per heavy atom. The molecule has 9 heteroatoms. The summed E-state index contributed by atoms with van der Waals surface area (Å²) < 4.78 is 16.0. The highest BCUT2D eigenvalue weighted by Crippen LogP contribution is 2.40. The van der Waals surface area contributed by atoms with Crippen molar-refractivity contribution in [2.75, 3.05) is 19.8 Å². The summed E-state index contributed by atoms with van der Waals surface area (Å²) in [6.45, 7) is 7.14. The maximum Gasteiger partial charge on any atom is 0.344 e. The molecule has 0 saturated heterocycles. The summed E-state index contributed by atoms with van der Waals surface area (Å²) in [5.41, 5.74) is 1.91. The maximum atomic E-state index is 12.2. The van der Waals surface area contributed by atoms with Crippen molar-refractivity contribution < 1.29 is 23.8 Å². The van der Waals surface area contributed by atoms with Gasteiger partial charge in [-0.3, -0.25) is 4.79 Å². The van der Waals surface area contributed by atoms with Crippen LogP contribution in [-0.2, 0) is 14.3 Å². The van der Waals surface area contributed by atoms with Gasteiger partial charge in [0.05, 0.1) is 24.3 Å². The van der Waals surface area contributed by atoms with Gasteiger partial charge in [0.15, 0.2) is 29.0 Å². The zero-order chi connectivity index (χ0) is 20.8. The lowest BCUT2D eigenvalue weighted by Gasteiger charge is -2.30. The van der Waals surface area contributed by atoms with E-state index in [9.17, 15) is 9.59 Å². The van der Waals surface area contributed by atoms with Gasteiger partial charge >= 0.3 is 5.97 Å². The minimum absolute atomic E-state index is 0.0956. The molecule has 7 nitrogen and oxygen atoms in total. The van der Waals surface area contributed by atoms with Crippen LogP contribution in [0.1, 0.15) is 39.3 Å². The lowest BCUT2D eigenvalue weighted by molar-refractivity contribution is -0.145. The van der Waals surface area contributed by atoms with Crippen LogP contribution in [0.4, 0.5) is 0 Å². The quantitative estimate of drug-likeness (QED) is 0.484. The Balaban J connectivity index is 2.43. The number of hydrogen-bond acceptors (Lipinski definition) is 6. The molecule has 2 N–H and O–H groups in total. The Morgan fingerprint density at radius 1 is 1.21 bits per heavy atom. The summed E-state index contributed by atoms with van der Waals surface area (Å²) in [6, 6.07) is 2.89. The van der Waals surface area contributed by atoms with E-state index in [0.29, 0.717) is 34.3 Å². The number of ketones is 1. The SMILES string of the molecule is CCOC(=O)COc1c(Cl)cc(C2NC(=S)NC(C)=C2C(C)=O)cc1OCC. The first-order valence-electron chi connectivity index (χ1n) is 8.82. The number of esters is 1. The van der Waals surface area contributed by atoms with Gasteiger partial charge in [-0.2, -0.15) is 0 Å². The fourth-order valence-corrected chi connectivity index (χ4v) is 3.45. The normalized spacial score (nSPS) is 16.2. The van der Waals surface area contributed by atoms with Gasteiger partial charge in [0.25, 0.3) is 0 Å². The van der Waals surface area contributed by atoms with Crippen molar-refractivity contribution >= 4 is 40.7 Å². The van der Waals surface area contributed by atoms with Crippen molar-refractivity contribution in [3.8, 4) is 11.5 Å². The van der Waals surface area contributed by atoms with E-state index in [0.717, 1.165) is 0 Å². The van der Waals surface area contributed by atoms with E-state index in [1.807, 2.05) is 6.92 Å². The fraction of sp³-hybridized carbons (Fsp3) is 0.421. The van der Waals surface area contributed by atoms with Gasteiger partial charge in [0, 0.05) is 11.3 Å². The standard InChI is InChI=1S/C19H23ClN2O5S/c1-5-25-14-8-12(7-13(20)18(14)27-9-15(24)26-6-2)17-16(11(4)23)10(3)21-19(28)22-17/h7-8,17H,5-6,9H2,1-4H3,(H2,21,22,28). The first-order valence-corrected chi connectivity index (χ1v) is 9.60. The molecule has 0 bridgehead atoms. The van der Waals surface area contributed by atoms with Gasteiger partial charge in [0.2, 0.25) is 0 Å². The molecule has 1 unspecified atom stereocenters. The van der Waals surface area contributed by atoms with Gasteiger partial charge in [-0.15, -0.1) is 0 Å². The number of nitrogens with one attached hydrogen (secondary N) is 2. The molecule has 0 fully saturated rings. The molecule has 1 aromatic rings. The zero-order valence-electron chi connectivity index (χ0n) is 16.2. The molecule has 0 saturated carbocycles. The van der Waals surface area contributed by atoms with Crippen LogP contribution >= 0.6 is 23.8 Å². The number of thiocarbonyl (C=S) groups is 1. The van der Waals surface area contributed by atoms with Crippen LogP contribution < -0.4 is 20.1 Å². The molecular weight excluding hydrogens is 404 g/mol. The number of carbonyl (C=O) groups excluding carboxylic acids is 2. The third kappa shape index (κ3) is 5.14. The summed E-state index contributed by atoms with van der Waals surface area (Å²) in [4.78, 5) is 23.8. The van der Waals surface area contributed by atoms with Crippen molar-refractivity contribution in [3.05, 3.63) is 34.0 Å². The molecule has 0 radical (unpaired) electrons. The average molecular weight is 427 g/mol. The second kappa shape index (κ2) is 9.75. The summed E-state index contributed by atoms with van der Waals surface area (Å²) in [5.74, 6) is -0.00221. The monoisotopic (exact) mass is 426 g/mol. The molecule has 0 amide bonds. The van der Waals surface area contributed by atoms with Gasteiger partial charge in [-0.05, 0) is 57.6 Å². The second-order valence-electron chi connectivity index (χ2n) is 5.98. The lowest BCUT2D eigenvalue weighted by atomic mass is 9.93. The summed E-state index contributed by atoms with van der Waals surface area (Å²) in [6.07, 6.45) is 0. The highest BCUT2D eigenvalue weighted by Gasteiger charge is 2.29. The van der Waals surface area contributed by atoms with Crippen molar-refractivity contribution in [1.29, 1.82) is 0 Å². The molecular formula is C19H23ClN2O5S. The number of ether oxygens (including phenoxy) is 3. The van der Waals surface area contributed by atoms with E-state index in [1.165, 1.54) is 6.92 Å². The Labute approximate surface area is 174 Å². The van der Waals surface area contributed by atoms with Crippen LogP contribution in [-0.4, -0.2) is 36.7 Å². The Kier molecular flexibility index (Phi) is 7.65. The highest BCUT2D eigenvalue weighted by molar-refractivity contribution is 7.80. The maximum absolute atomic E-state index is 12.2. The van der Waals surface area contributed by atoms with Gasteiger partial charge in [-0.25, -0.2) is 4.79 Å². The molecule has 28 heavy (non-hydrogen) atoms. The van der Waals surface area contributed by atoms with E-state index in [1.54, 1.807) is 26.0 Å². The van der Waals surface area contributed by atoms with Crippen molar-refractivity contribution in [1.82, 2.24) is 10.6 Å². The number of carbonyl (C=O) groups is 2. The number of benzene rings is 1.